The molecule has 0 fully saturated rings. The van der Waals surface area contributed by atoms with E-state index in [1.54, 1.807) is 12.1 Å². The molecule has 62 valence electrons. The average Bonchev–Trinajstić information content (AvgIpc) is 2.07. The van der Waals surface area contributed by atoms with Crippen LogP contribution >= 0.6 is 23.2 Å². The fourth-order valence-corrected chi connectivity index (χ4v) is 1.03. The van der Waals surface area contributed by atoms with Gasteiger partial charge in [-0.1, -0.05) is 23.2 Å². The first-order chi connectivity index (χ1) is 5.74. The maximum Gasteiger partial charge on any atom is 0.142 e. The second-order valence-electron chi connectivity index (χ2n) is 2.03. The summed E-state index contributed by atoms with van der Waals surface area (Å²) in [5.41, 5.74) is 0.635. The van der Waals surface area contributed by atoms with E-state index in [-0.39, 0.29) is 0 Å². The Morgan fingerprint density at radius 1 is 1.42 bits per heavy atom. The molecule has 0 spiro atoms. The van der Waals surface area contributed by atoms with Crippen LogP contribution in [0.1, 0.15) is 5.56 Å². The number of hydrogen-bond acceptors (Lipinski definition) is 2. The van der Waals surface area contributed by atoms with E-state index in [2.05, 4.69) is 4.98 Å². The molecule has 1 heterocycles. The molecular weight excluding hydrogens is 197 g/mol. The quantitative estimate of drug-likeness (QED) is 0.419. The molecule has 0 saturated carbocycles. The van der Waals surface area contributed by atoms with Crippen molar-refractivity contribution in [1.82, 2.24) is 4.98 Å². The van der Waals surface area contributed by atoms with Gasteiger partial charge in [0.15, 0.2) is 0 Å². The average molecular weight is 202 g/mol. The third kappa shape index (κ3) is 2.32. The van der Waals surface area contributed by atoms with Gasteiger partial charge in [0.1, 0.15) is 11.4 Å². The fourth-order valence-electron chi connectivity index (χ4n) is 0.698. The molecule has 0 amide bonds. The highest BCUT2D eigenvalue weighted by Gasteiger charge is 1.97. The molecule has 1 aromatic rings. The summed E-state index contributed by atoms with van der Waals surface area (Å²) in [6, 6.07) is 1.64. The zero-order valence-corrected chi connectivity index (χ0v) is 7.51. The van der Waals surface area contributed by atoms with Gasteiger partial charge in [0, 0.05) is 11.8 Å². The van der Waals surface area contributed by atoms with E-state index in [1.165, 1.54) is 12.3 Å². The number of aldehydes is 1. The second kappa shape index (κ2) is 4.24. The normalized spacial score (nSPS) is 10.5. The Bertz CT molecular complexity index is 323. The van der Waals surface area contributed by atoms with Crippen LogP contribution in [-0.2, 0) is 4.79 Å². The Morgan fingerprint density at radius 3 is 2.83 bits per heavy atom. The van der Waals surface area contributed by atoms with Gasteiger partial charge in [0.2, 0.25) is 0 Å². The largest absolute Gasteiger partial charge is 0.299 e. The lowest BCUT2D eigenvalue weighted by Crippen LogP contribution is -1.80. The van der Waals surface area contributed by atoms with Crippen molar-refractivity contribution >= 4 is 35.6 Å². The minimum absolute atomic E-state index is 0.331. The van der Waals surface area contributed by atoms with Crippen LogP contribution in [0.3, 0.4) is 0 Å². The third-order valence-electron chi connectivity index (χ3n) is 1.19. The van der Waals surface area contributed by atoms with Crippen LogP contribution < -0.4 is 0 Å². The zero-order chi connectivity index (χ0) is 8.97. The summed E-state index contributed by atoms with van der Waals surface area (Å²) in [5, 5.41) is 0.822. The number of allylic oxidation sites excluding steroid dienone is 1. The Labute approximate surface area is 79.8 Å². The lowest BCUT2D eigenvalue weighted by molar-refractivity contribution is -0.104. The minimum atomic E-state index is 0.331. The molecular formula is C8H5Cl2NO. The minimum Gasteiger partial charge on any atom is -0.299 e. The predicted octanol–water partition coefficient (Wildman–Crippen LogP) is 2.60. The molecule has 12 heavy (non-hydrogen) atoms. The maximum absolute atomic E-state index is 9.99. The number of aromatic nitrogens is 1. The highest BCUT2D eigenvalue weighted by atomic mass is 35.5. The smallest absolute Gasteiger partial charge is 0.142 e. The first kappa shape index (κ1) is 9.23. The Balaban J connectivity index is 3.04. The van der Waals surface area contributed by atoms with Crippen molar-refractivity contribution in [2.24, 2.45) is 0 Å². The predicted molar refractivity (Wildman–Crippen MR) is 49.4 cm³/mol. The van der Waals surface area contributed by atoms with Crippen LogP contribution in [0, 0.1) is 0 Å². The molecule has 0 bridgehead atoms. The van der Waals surface area contributed by atoms with Gasteiger partial charge in [0.05, 0.1) is 5.02 Å². The van der Waals surface area contributed by atoms with Crippen molar-refractivity contribution in [3.05, 3.63) is 34.1 Å². The topological polar surface area (TPSA) is 30.0 Å². The van der Waals surface area contributed by atoms with E-state index in [4.69, 9.17) is 23.2 Å². The van der Waals surface area contributed by atoms with Gasteiger partial charge >= 0.3 is 0 Å². The molecule has 0 aliphatic carbocycles. The standard InChI is InChI=1S/C8H5Cl2NO/c9-7-4-6(2-1-3-12)8(10)11-5-7/h1-5H. The summed E-state index contributed by atoms with van der Waals surface area (Å²) in [5.74, 6) is 0. The lowest BCUT2D eigenvalue weighted by Gasteiger charge is -1.95. The highest BCUT2D eigenvalue weighted by molar-refractivity contribution is 6.33. The molecule has 0 aromatic carbocycles. The van der Waals surface area contributed by atoms with Gasteiger partial charge in [-0.15, -0.1) is 0 Å². The van der Waals surface area contributed by atoms with Crippen LogP contribution in [0.25, 0.3) is 6.08 Å². The van der Waals surface area contributed by atoms with Gasteiger partial charge < -0.3 is 0 Å². The van der Waals surface area contributed by atoms with Crippen molar-refractivity contribution in [3.8, 4) is 0 Å². The van der Waals surface area contributed by atoms with E-state index >= 15 is 0 Å². The molecule has 1 aromatic heterocycles. The van der Waals surface area contributed by atoms with E-state index < -0.39 is 0 Å². The van der Waals surface area contributed by atoms with Gasteiger partial charge in [-0.05, 0) is 18.2 Å². The van der Waals surface area contributed by atoms with Gasteiger partial charge in [-0.2, -0.15) is 0 Å². The number of carbonyl (C=O) groups is 1. The van der Waals surface area contributed by atoms with Gasteiger partial charge in [-0.25, -0.2) is 4.98 Å². The molecule has 0 unspecified atom stereocenters. The second-order valence-corrected chi connectivity index (χ2v) is 2.82. The Hall–Kier alpha value is -0.860. The van der Waals surface area contributed by atoms with E-state index in [0.29, 0.717) is 22.0 Å². The van der Waals surface area contributed by atoms with Crippen LogP contribution in [0.4, 0.5) is 0 Å². The number of nitrogens with zero attached hydrogens (tertiary/aromatic N) is 1. The number of hydrogen-bond donors (Lipinski definition) is 0. The zero-order valence-electron chi connectivity index (χ0n) is 6.00. The monoisotopic (exact) mass is 201 g/mol. The lowest BCUT2D eigenvalue weighted by atomic mass is 10.2. The Morgan fingerprint density at radius 2 is 2.17 bits per heavy atom. The molecule has 1 rings (SSSR count). The SMILES string of the molecule is O=CC=Cc1cc(Cl)cnc1Cl. The summed E-state index contributed by atoms with van der Waals surface area (Å²) in [7, 11) is 0. The van der Waals surface area contributed by atoms with Crippen LogP contribution in [0.2, 0.25) is 10.2 Å². The summed E-state index contributed by atoms with van der Waals surface area (Å²) >= 11 is 11.3. The van der Waals surface area contributed by atoms with Crippen LogP contribution in [0.5, 0.6) is 0 Å². The molecule has 0 radical (unpaired) electrons. The number of carbonyl (C=O) groups excluding carboxylic acids is 1. The van der Waals surface area contributed by atoms with Crippen molar-refractivity contribution < 1.29 is 4.79 Å². The molecule has 2 nitrogen and oxygen atoms in total. The summed E-state index contributed by atoms with van der Waals surface area (Å²) in [6.07, 6.45) is 4.99. The first-order valence-electron chi connectivity index (χ1n) is 3.17. The van der Waals surface area contributed by atoms with E-state index in [0.717, 1.165) is 0 Å². The molecule has 0 saturated heterocycles. The van der Waals surface area contributed by atoms with Crippen LogP contribution in [0.15, 0.2) is 18.3 Å². The van der Waals surface area contributed by atoms with Crippen LogP contribution in [-0.4, -0.2) is 11.3 Å². The van der Waals surface area contributed by atoms with Gasteiger partial charge in [0.25, 0.3) is 0 Å². The number of halogens is 2. The number of pyridine rings is 1. The third-order valence-corrected chi connectivity index (χ3v) is 1.71. The number of rotatable bonds is 2. The van der Waals surface area contributed by atoms with Gasteiger partial charge in [-0.3, -0.25) is 4.79 Å². The highest BCUT2D eigenvalue weighted by Crippen LogP contribution is 2.18. The summed E-state index contributed by atoms with van der Waals surface area (Å²) < 4.78 is 0. The summed E-state index contributed by atoms with van der Waals surface area (Å²) in [6.45, 7) is 0. The fraction of sp³-hybridized carbons (Fsp3) is 0. The first-order valence-corrected chi connectivity index (χ1v) is 3.92. The molecule has 4 heteroatoms. The summed E-state index contributed by atoms with van der Waals surface area (Å²) in [4.78, 5) is 13.8. The molecule has 0 aliphatic heterocycles. The van der Waals surface area contributed by atoms with Crippen molar-refractivity contribution in [2.45, 2.75) is 0 Å². The van der Waals surface area contributed by atoms with Crippen molar-refractivity contribution in [2.75, 3.05) is 0 Å². The Kier molecular flexibility index (Phi) is 3.26. The molecule has 0 atom stereocenters. The van der Waals surface area contributed by atoms with E-state index in [9.17, 15) is 4.79 Å². The van der Waals surface area contributed by atoms with Crippen molar-refractivity contribution in [3.63, 3.8) is 0 Å². The van der Waals surface area contributed by atoms with Crippen molar-refractivity contribution in [1.29, 1.82) is 0 Å². The maximum atomic E-state index is 9.99. The molecule has 0 N–H and O–H groups in total. The molecule has 0 aliphatic rings. The van der Waals surface area contributed by atoms with E-state index in [1.807, 2.05) is 0 Å².